The van der Waals surface area contributed by atoms with Gasteiger partial charge in [0.25, 0.3) is 5.91 Å². The fourth-order valence-electron chi connectivity index (χ4n) is 3.41. The van der Waals surface area contributed by atoms with Crippen LogP contribution in [0.25, 0.3) is 16.9 Å². The van der Waals surface area contributed by atoms with E-state index >= 15 is 0 Å². The summed E-state index contributed by atoms with van der Waals surface area (Å²) in [6.07, 6.45) is -4.66. The van der Waals surface area contributed by atoms with Crippen LogP contribution in [0.3, 0.4) is 0 Å². The third kappa shape index (κ3) is 5.05. The van der Waals surface area contributed by atoms with Crippen LogP contribution in [-0.2, 0) is 10.9 Å². The van der Waals surface area contributed by atoms with Crippen molar-refractivity contribution < 1.29 is 27.6 Å². The molecule has 2 N–H and O–H groups in total. The highest BCUT2D eigenvalue weighted by Gasteiger charge is 2.35. The van der Waals surface area contributed by atoms with Crippen LogP contribution in [0, 0.1) is 0 Å². The molecule has 0 spiro atoms. The normalized spacial score (nSPS) is 15.4. The molecule has 3 aromatic rings. The van der Waals surface area contributed by atoms with E-state index < -0.39 is 17.8 Å². The Morgan fingerprint density at radius 3 is 2.58 bits per heavy atom. The second kappa shape index (κ2) is 8.93. The number of quaternary nitrogens is 1. The van der Waals surface area contributed by atoms with E-state index in [1.54, 1.807) is 24.3 Å². The largest absolute Gasteiger partial charge is 0.433 e. The summed E-state index contributed by atoms with van der Waals surface area (Å²) < 4.78 is 47.8. The van der Waals surface area contributed by atoms with Crippen LogP contribution in [-0.4, -0.2) is 59.9 Å². The first-order chi connectivity index (χ1) is 14.8. The van der Waals surface area contributed by atoms with Crippen molar-refractivity contribution in [1.82, 2.24) is 19.9 Å². The molecule has 11 heteroatoms. The predicted octanol–water partition coefficient (Wildman–Crippen LogP) is 1.82. The van der Waals surface area contributed by atoms with Gasteiger partial charge in [-0.3, -0.25) is 4.79 Å². The van der Waals surface area contributed by atoms with Crippen LogP contribution >= 0.6 is 15.9 Å². The van der Waals surface area contributed by atoms with E-state index in [9.17, 15) is 18.0 Å². The van der Waals surface area contributed by atoms with Crippen molar-refractivity contribution >= 4 is 27.5 Å². The number of carbonyl (C=O) groups is 1. The first-order valence-electron chi connectivity index (χ1n) is 9.75. The third-order valence-electron chi connectivity index (χ3n) is 5.05. The van der Waals surface area contributed by atoms with Crippen molar-refractivity contribution in [3.63, 3.8) is 0 Å². The smallest absolute Gasteiger partial charge is 0.370 e. The quantitative estimate of drug-likeness (QED) is 0.562. The van der Waals surface area contributed by atoms with Crippen molar-refractivity contribution in [2.75, 3.05) is 39.4 Å². The molecular formula is C20H20BrF3N5O2+. The molecule has 3 heterocycles. The van der Waals surface area contributed by atoms with Crippen molar-refractivity contribution in [2.45, 2.75) is 6.18 Å². The Kier molecular flexibility index (Phi) is 6.26. The van der Waals surface area contributed by atoms with Crippen molar-refractivity contribution in [3.05, 3.63) is 52.3 Å². The Morgan fingerprint density at radius 1 is 1.19 bits per heavy atom. The first kappa shape index (κ1) is 21.7. The fraction of sp³-hybridized carbons (Fsp3) is 0.350. The molecule has 1 amide bonds. The summed E-state index contributed by atoms with van der Waals surface area (Å²) in [5, 5.41) is 6.61. The number of nitrogens with one attached hydrogen (secondary N) is 2. The summed E-state index contributed by atoms with van der Waals surface area (Å²) in [6, 6.07) is 8.99. The summed E-state index contributed by atoms with van der Waals surface area (Å²) in [7, 11) is 0. The highest BCUT2D eigenvalue weighted by Crippen LogP contribution is 2.32. The lowest BCUT2D eigenvalue weighted by molar-refractivity contribution is -0.906. The molecule has 1 fully saturated rings. The topological polar surface area (TPSA) is 73.0 Å². The minimum Gasteiger partial charge on any atom is -0.370 e. The van der Waals surface area contributed by atoms with Crippen LogP contribution in [0.4, 0.5) is 13.2 Å². The predicted molar refractivity (Wildman–Crippen MR) is 110 cm³/mol. The van der Waals surface area contributed by atoms with Crippen LogP contribution in [0.15, 0.2) is 40.9 Å². The Bertz CT molecular complexity index is 1080. The van der Waals surface area contributed by atoms with E-state index in [2.05, 4.69) is 31.3 Å². The molecule has 1 aliphatic rings. The van der Waals surface area contributed by atoms with Crippen LogP contribution in [0.1, 0.15) is 16.2 Å². The number of hydrogen-bond acceptors (Lipinski definition) is 4. The molecule has 164 valence electrons. The van der Waals surface area contributed by atoms with Gasteiger partial charge in [0.2, 0.25) is 0 Å². The maximum Gasteiger partial charge on any atom is 0.433 e. The maximum absolute atomic E-state index is 13.7. The van der Waals surface area contributed by atoms with Gasteiger partial charge >= 0.3 is 6.18 Å². The molecule has 0 bridgehead atoms. The Morgan fingerprint density at radius 2 is 1.90 bits per heavy atom. The molecule has 7 nitrogen and oxygen atoms in total. The average Bonchev–Trinajstić information content (AvgIpc) is 3.18. The highest BCUT2D eigenvalue weighted by molar-refractivity contribution is 9.10. The van der Waals surface area contributed by atoms with Crippen molar-refractivity contribution in [3.8, 4) is 11.3 Å². The summed E-state index contributed by atoms with van der Waals surface area (Å²) in [5.41, 5.74) is -0.473. The van der Waals surface area contributed by atoms with Gasteiger partial charge in [0, 0.05) is 16.1 Å². The van der Waals surface area contributed by atoms with Gasteiger partial charge in [0.15, 0.2) is 17.0 Å². The second-order valence-corrected chi connectivity index (χ2v) is 8.11. The Labute approximate surface area is 184 Å². The molecule has 2 aromatic heterocycles. The average molecular weight is 499 g/mol. The number of amides is 1. The van der Waals surface area contributed by atoms with E-state index in [-0.39, 0.29) is 17.0 Å². The molecule has 1 saturated heterocycles. The van der Waals surface area contributed by atoms with E-state index in [4.69, 9.17) is 4.74 Å². The molecule has 4 rings (SSSR count). The zero-order chi connectivity index (χ0) is 22.0. The zero-order valence-corrected chi connectivity index (χ0v) is 18.0. The van der Waals surface area contributed by atoms with E-state index in [0.29, 0.717) is 36.4 Å². The number of halogens is 4. The minimum atomic E-state index is -4.66. The van der Waals surface area contributed by atoms with Gasteiger partial charge in [-0.25, -0.2) is 9.50 Å². The monoisotopic (exact) mass is 498 g/mol. The lowest BCUT2D eigenvalue weighted by Gasteiger charge is -2.23. The molecule has 0 aliphatic carbocycles. The van der Waals surface area contributed by atoms with Gasteiger partial charge in [-0.1, -0.05) is 28.1 Å². The summed E-state index contributed by atoms with van der Waals surface area (Å²) in [5.74, 6) is -0.531. The van der Waals surface area contributed by atoms with Crippen LogP contribution < -0.4 is 10.2 Å². The van der Waals surface area contributed by atoms with Gasteiger partial charge in [-0.15, -0.1) is 0 Å². The number of benzene rings is 1. The number of rotatable bonds is 5. The SMILES string of the molecule is O=C(NCC[NH+]1CCOCC1)c1cc2nc(-c3ccc(Br)cc3)cc(C(F)(F)F)n2n1. The highest BCUT2D eigenvalue weighted by atomic mass is 79.9. The molecular weight excluding hydrogens is 479 g/mol. The molecule has 0 saturated carbocycles. The molecule has 0 radical (unpaired) electrons. The molecule has 0 unspecified atom stereocenters. The fourth-order valence-corrected chi connectivity index (χ4v) is 3.67. The third-order valence-corrected chi connectivity index (χ3v) is 5.58. The van der Waals surface area contributed by atoms with Crippen molar-refractivity contribution in [2.24, 2.45) is 0 Å². The summed E-state index contributed by atoms with van der Waals surface area (Å²) >= 11 is 3.30. The number of nitrogens with zero attached hydrogens (tertiary/aromatic N) is 3. The molecule has 1 aromatic carbocycles. The van der Waals surface area contributed by atoms with Gasteiger partial charge in [-0.2, -0.15) is 18.3 Å². The lowest BCUT2D eigenvalue weighted by Crippen LogP contribution is -3.14. The number of alkyl halides is 3. The Balaban J connectivity index is 1.59. The lowest BCUT2D eigenvalue weighted by atomic mass is 10.1. The number of ether oxygens (including phenoxy) is 1. The molecule has 1 aliphatic heterocycles. The van der Waals surface area contributed by atoms with Gasteiger partial charge in [0.1, 0.15) is 13.1 Å². The number of carbonyl (C=O) groups excluding carboxylic acids is 1. The second-order valence-electron chi connectivity index (χ2n) is 7.20. The summed E-state index contributed by atoms with van der Waals surface area (Å²) in [4.78, 5) is 18.1. The van der Waals surface area contributed by atoms with E-state index in [1.807, 2.05) is 0 Å². The standard InChI is InChI=1S/C20H19BrF3N5O2/c21-14-3-1-13(2-4-14)15-11-17(20(22,23)24)29-18(26-15)12-16(27-29)19(30)25-5-6-28-7-9-31-10-8-28/h1-4,11-12H,5-10H2,(H,25,30)/p+1. The number of morpholine rings is 1. The minimum absolute atomic E-state index is 0.0447. The van der Waals surface area contributed by atoms with Crippen LogP contribution in [0.5, 0.6) is 0 Å². The summed E-state index contributed by atoms with van der Waals surface area (Å²) in [6.45, 7) is 4.20. The maximum atomic E-state index is 13.7. The zero-order valence-electron chi connectivity index (χ0n) is 16.4. The van der Waals surface area contributed by atoms with Gasteiger partial charge in [-0.05, 0) is 18.2 Å². The molecule has 31 heavy (non-hydrogen) atoms. The van der Waals surface area contributed by atoms with Gasteiger partial charge in [0.05, 0.1) is 32.0 Å². The van der Waals surface area contributed by atoms with E-state index in [1.165, 1.54) is 11.0 Å². The number of hydrogen-bond donors (Lipinski definition) is 2. The first-order valence-corrected chi connectivity index (χ1v) is 10.5. The Hall–Kier alpha value is -2.50. The number of fused-ring (bicyclic) bond motifs is 1. The van der Waals surface area contributed by atoms with Gasteiger partial charge < -0.3 is 15.0 Å². The van der Waals surface area contributed by atoms with Crippen LogP contribution in [0.2, 0.25) is 0 Å². The number of aromatic nitrogens is 3. The van der Waals surface area contributed by atoms with Crippen molar-refractivity contribution in [1.29, 1.82) is 0 Å². The van der Waals surface area contributed by atoms with E-state index in [0.717, 1.165) is 23.6 Å². The molecule has 0 atom stereocenters.